The van der Waals surface area contributed by atoms with E-state index in [1.807, 2.05) is 6.92 Å². The Labute approximate surface area is 92.4 Å². The van der Waals surface area contributed by atoms with Crippen molar-refractivity contribution in [3.63, 3.8) is 0 Å². The molecular weight excluding hydrogens is 186 g/mol. The fourth-order valence-electron chi connectivity index (χ4n) is 1.66. The Bertz CT molecular complexity index is 309. The molecule has 0 saturated heterocycles. The van der Waals surface area contributed by atoms with Gasteiger partial charge in [0.2, 0.25) is 0 Å². The van der Waals surface area contributed by atoms with E-state index in [4.69, 9.17) is 10.5 Å². The van der Waals surface area contributed by atoms with Crippen LogP contribution in [0, 0.1) is 6.92 Å². The van der Waals surface area contributed by atoms with Crippen LogP contribution in [0.5, 0.6) is 5.75 Å². The van der Waals surface area contributed by atoms with Crippen molar-refractivity contribution in [1.82, 2.24) is 0 Å². The average Bonchev–Trinajstić information content (AvgIpc) is 2.26. The third-order valence-corrected chi connectivity index (χ3v) is 2.73. The molecule has 84 valence electrons. The molecule has 0 bridgehead atoms. The number of hydrogen-bond acceptors (Lipinski definition) is 2. The molecule has 15 heavy (non-hydrogen) atoms. The van der Waals surface area contributed by atoms with Crippen LogP contribution in [0.4, 0.5) is 0 Å². The molecule has 1 rings (SSSR count). The summed E-state index contributed by atoms with van der Waals surface area (Å²) in [5.41, 5.74) is 8.43. The molecular formula is C13H21NO. The van der Waals surface area contributed by atoms with Gasteiger partial charge in [-0.15, -0.1) is 0 Å². The van der Waals surface area contributed by atoms with Crippen molar-refractivity contribution in [2.75, 3.05) is 7.11 Å². The molecule has 0 spiro atoms. The van der Waals surface area contributed by atoms with Crippen LogP contribution in [0.1, 0.15) is 43.4 Å². The van der Waals surface area contributed by atoms with Gasteiger partial charge in [0.05, 0.1) is 7.11 Å². The standard InChI is InChI=1S/C13H21NO/c1-4-5-6-12(14)11-8-7-10(2)13(9-11)15-3/h7-9,12H,4-6,14H2,1-3H3. The second-order valence-corrected chi connectivity index (χ2v) is 3.98. The maximum absolute atomic E-state index is 6.10. The third-order valence-electron chi connectivity index (χ3n) is 2.73. The van der Waals surface area contributed by atoms with Gasteiger partial charge in [-0.1, -0.05) is 31.9 Å². The van der Waals surface area contributed by atoms with E-state index in [2.05, 4.69) is 25.1 Å². The molecule has 1 atom stereocenters. The van der Waals surface area contributed by atoms with Gasteiger partial charge in [0, 0.05) is 6.04 Å². The maximum atomic E-state index is 6.10. The van der Waals surface area contributed by atoms with Crippen molar-refractivity contribution in [2.24, 2.45) is 5.73 Å². The maximum Gasteiger partial charge on any atom is 0.122 e. The van der Waals surface area contributed by atoms with Crippen molar-refractivity contribution in [3.8, 4) is 5.75 Å². The van der Waals surface area contributed by atoms with Crippen LogP contribution in [-0.2, 0) is 0 Å². The van der Waals surface area contributed by atoms with E-state index in [0.29, 0.717) is 0 Å². The van der Waals surface area contributed by atoms with Crippen LogP contribution in [0.3, 0.4) is 0 Å². The molecule has 1 unspecified atom stereocenters. The van der Waals surface area contributed by atoms with E-state index in [1.54, 1.807) is 7.11 Å². The number of rotatable bonds is 5. The summed E-state index contributed by atoms with van der Waals surface area (Å²) in [7, 11) is 1.70. The van der Waals surface area contributed by atoms with Gasteiger partial charge in [0.25, 0.3) is 0 Å². The Morgan fingerprint density at radius 1 is 1.40 bits per heavy atom. The average molecular weight is 207 g/mol. The summed E-state index contributed by atoms with van der Waals surface area (Å²) in [5, 5.41) is 0. The second kappa shape index (κ2) is 5.76. The van der Waals surface area contributed by atoms with Gasteiger partial charge in [-0.05, 0) is 30.5 Å². The Kier molecular flexibility index (Phi) is 4.63. The first kappa shape index (κ1) is 12.1. The fraction of sp³-hybridized carbons (Fsp3) is 0.538. The van der Waals surface area contributed by atoms with Crippen LogP contribution in [0.2, 0.25) is 0 Å². The van der Waals surface area contributed by atoms with Crippen molar-refractivity contribution in [2.45, 2.75) is 39.2 Å². The first-order valence-electron chi connectivity index (χ1n) is 5.59. The summed E-state index contributed by atoms with van der Waals surface area (Å²) in [5.74, 6) is 0.930. The second-order valence-electron chi connectivity index (χ2n) is 3.98. The number of aryl methyl sites for hydroxylation is 1. The number of unbranched alkanes of at least 4 members (excludes halogenated alkanes) is 1. The highest BCUT2D eigenvalue weighted by atomic mass is 16.5. The molecule has 0 fully saturated rings. The zero-order valence-electron chi connectivity index (χ0n) is 9.92. The van der Waals surface area contributed by atoms with E-state index in [0.717, 1.165) is 17.7 Å². The Hall–Kier alpha value is -1.02. The fourth-order valence-corrected chi connectivity index (χ4v) is 1.66. The minimum atomic E-state index is 0.138. The molecule has 2 nitrogen and oxygen atoms in total. The van der Waals surface area contributed by atoms with Gasteiger partial charge in [-0.2, -0.15) is 0 Å². The largest absolute Gasteiger partial charge is 0.496 e. The molecule has 0 aliphatic carbocycles. The van der Waals surface area contributed by atoms with Gasteiger partial charge in [0.1, 0.15) is 5.75 Å². The topological polar surface area (TPSA) is 35.2 Å². The lowest BCUT2D eigenvalue weighted by molar-refractivity contribution is 0.410. The van der Waals surface area contributed by atoms with Crippen LogP contribution < -0.4 is 10.5 Å². The van der Waals surface area contributed by atoms with E-state index in [9.17, 15) is 0 Å². The molecule has 1 aromatic carbocycles. The summed E-state index contributed by atoms with van der Waals surface area (Å²) >= 11 is 0. The highest BCUT2D eigenvalue weighted by Gasteiger charge is 2.07. The normalized spacial score (nSPS) is 12.5. The van der Waals surface area contributed by atoms with Gasteiger partial charge in [-0.3, -0.25) is 0 Å². The van der Waals surface area contributed by atoms with Crippen LogP contribution >= 0.6 is 0 Å². The van der Waals surface area contributed by atoms with Crippen LogP contribution in [0.15, 0.2) is 18.2 Å². The number of benzene rings is 1. The Morgan fingerprint density at radius 3 is 2.73 bits per heavy atom. The highest BCUT2D eigenvalue weighted by molar-refractivity contribution is 5.37. The first-order chi connectivity index (χ1) is 7.19. The highest BCUT2D eigenvalue weighted by Crippen LogP contribution is 2.24. The monoisotopic (exact) mass is 207 g/mol. The smallest absolute Gasteiger partial charge is 0.122 e. The Balaban J connectivity index is 2.76. The lowest BCUT2D eigenvalue weighted by atomic mass is 10.0. The van der Waals surface area contributed by atoms with Gasteiger partial charge in [0.15, 0.2) is 0 Å². The van der Waals surface area contributed by atoms with Crippen molar-refractivity contribution < 1.29 is 4.74 Å². The predicted molar refractivity (Wildman–Crippen MR) is 64.2 cm³/mol. The molecule has 0 aliphatic heterocycles. The van der Waals surface area contributed by atoms with Gasteiger partial charge >= 0.3 is 0 Å². The third kappa shape index (κ3) is 3.24. The minimum absolute atomic E-state index is 0.138. The summed E-state index contributed by atoms with van der Waals surface area (Å²) in [6.45, 7) is 4.22. The van der Waals surface area contributed by atoms with Crippen molar-refractivity contribution in [3.05, 3.63) is 29.3 Å². The summed E-state index contributed by atoms with van der Waals surface area (Å²) in [4.78, 5) is 0. The summed E-state index contributed by atoms with van der Waals surface area (Å²) in [6.07, 6.45) is 3.41. The molecule has 0 aliphatic rings. The quantitative estimate of drug-likeness (QED) is 0.804. The van der Waals surface area contributed by atoms with Crippen molar-refractivity contribution in [1.29, 1.82) is 0 Å². The first-order valence-corrected chi connectivity index (χ1v) is 5.59. The number of methoxy groups -OCH3 is 1. The number of hydrogen-bond donors (Lipinski definition) is 1. The summed E-state index contributed by atoms with van der Waals surface area (Å²) in [6, 6.07) is 6.35. The SMILES string of the molecule is CCCCC(N)c1ccc(C)c(OC)c1. The molecule has 1 aromatic rings. The molecule has 2 heteroatoms. The molecule has 0 aromatic heterocycles. The zero-order chi connectivity index (χ0) is 11.3. The van der Waals surface area contributed by atoms with E-state index in [-0.39, 0.29) is 6.04 Å². The summed E-state index contributed by atoms with van der Waals surface area (Å²) < 4.78 is 5.28. The molecule has 0 heterocycles. The zero-order valence-corrected chi connectivity index (χ0v) is 9.92. The number of ether oxygens (including phenoxy) is 1. The molecule has 0 saturated carbocycles. The Morgan fingerprint density at radius 2 is 2.13 bits per heavy atom. The van der Waals surface area contributed by atoms with Gasteiger partial charge < -0.3 is 10.5 Å². The molecule has 2 N–H and O–H groups in total. The van der Waals surface area contributed by atoms with Crippen LogP contribution in [0.25, 0.3) is 0 Å². The van der Waals surface area contributed by atoms with E-state index in [1.165, 1.54) is 18.4 Å². The van der Waals surface area contributed by atoms with E-state index < -0.39 is 0 Å². The molecule has 0 amide bonds. The van der Waals surface area contributed by atoms with Gasteiger partial charge in [-0.25, -0.2) is 0 Å². The van der Waals surface area contributed by atoms with Crippen LogP contribution in [-0.4, -0.2) is 7.11 Å². The lowest BCUT2D eigenvalue weighted by Crippen LogP contribution is -2.10. The number of nitrogens with two attached hydrogens (primary N) is 1. The van der Waals surface area contributed by atoms with Crippen molar-refractivity contribution >= 4 is 0 Å². The predicted octanol–water partition coefficient (Wildman–Crippen LogP) is 3.19. The molecule has 0 radical (unpaired) electrons. The van der Waals surface area contributed by atoms with E-state index >= 15 is 0 Å². The minimum Gasteiger partial charge on any atom is -0.496 e. The lowest BCUT2D eigenvalue weighted by Gasteiger charge is -2.13.